The molecule has 0 saturated carbocycles. The summed E-state index contributed by atoms with van der Waals surface area (Å²) in [5.41, 5.74) is 0. The van der Waals surface area contributed by atoms with Gasteiger partial charge >= 0.3 is 0 Å². The van der Waals surface area contributed by atoms with E-state index in [1.807, 2.05) is 0 Å². The standard InChI is InChI=1S/C14H30N2/c1-4-9-16-10-7-13(8-11-16)12-15-14(5-2)6-3/h13-15H,4-12H2,1-3H3. The third-order valence-corrected chi connectivity index (χ3v) is 3.93. The summed E-state index contributed by atoms with van der Waals surface area (Å²) < 4.78 is 0. The summed E-state index contributed by atoms with van der Waals surface area (Å²) in [6, 6.07) is 0.744. The number of likely N-dealkylation sites (tertiary alicyclic amines) is 1. The predicted molar refractivity (Wildman–Crippen MR) is 71.8 cm³/mol. The van der Waals surface area contributed by atoms with Crippen molar-refractivity contribution in [3.05, 3.63) is 0 Å². The Labute approximate surface area is 102 Å². The summed E-state index contributed by atoms with van der Waals surface area (Å²) in [4.78, 5) is 2.62. The van der Waals surface area contributed by atoms with Crippen LogP contribution >= 0.6 is 0 Å². The Hall–Kier alpha value is -0.0800. The molecule has 1 aliphatic heterocycles. The first kappa shape index (κ1) is 14.0. The van der Waals surface area contributed by atoms with Gasteiger partial charge in [-0.3, -0.25) is 0 Å². The van der Waals surface area contributed by atoms with Crippen LogP contribution in [0.25, 0.3) is 0 Å². The van der Waals surface area contributed by atoms with Crippen molar-refractivity contribution < 1.29 is 0 Å². The molecule has 96 valence electrons. The van der Waals surface area contributed by atoms with E-state index in [0.29, 0.717) is 0 Å². The summed E-state index contributed by atoms with van der Waals surface area (Å²) in [7, 11) is 0. The molecule has 2 nitrogen and oxygen atoms in total. The van der Waals surface area contributed by atoms with E-state index >= 15 is 0 Å². The highest BCUT2D eigenvalue weighted by Gasteiger charge is 2.18. The number of hydrogen-bond donors (Lipinski definition) is 1. The summed E-state index contributed by atoms with van der Waals surface area (Å²) in [6.45, 7) is 12.0. The lowest BCUT2D eigenvalue weighted by molar-refractivity contribution is 0.180. The highest BCUT2D eigenvalue weighted by atomic mass is 15.1. The van der Waals surface area contributed by atoms with Crippen LogP contribution in [0.4, 0.5) is 0 Å². The lowest BCUT2D eigenvalue weighted by Gasteiger charge is -2.32. The van der Waals surface area contributed by atoms with E-state index in [2.05, 4.69) is 31.0 Å². The average molecular weight is 226 g/mol. The van der Waals surface area contributed by atoms with E-state index in [0.717, 1.165) is 12.0 Å². The highest BCUT2D eigenvalue weighted by Crippen LogP contribution is 2.16. The molecular formula is C14H30N2. The second-order valence-electron chi connectivity index (χ2n) is 5.21. The zero-order chi connectivity index (χ0) is 11.8. The van der Waals surface area contributed by atoms with Gasteiger partial charge in [-0.05, 0) is 64.2 Å². The Morgan fingerprint density at radius 1 is 1.12 bits per heavy atom. The van der Waals surface area contributed by atoms with E-state index in [1.165, 1.54) is 58.3 Å². The van der Waals surface area contributed by atoms with Crippen LogP contribution in [0.5, 0.6) is 0 Å². The second-order valence-corrected chi connectivity index (χ2v) is 5.21. The van der Waals surface area contributed by atoms with Crippen molar-refractivity contribution in [2.75, 3.05) is 26.2 Å². The van der Waals surface area contributed by atoms with Crippen molar-refractivity contribution >= 4 is 0 Å². The fourth-order valence-electron chi connectivity index (χ4n) is 2.64. The molecule has 0 aromatic rings. The van der Waals surface area contributed by atoms with Crippen LogP contribution < -0.4 is 5.32 Å². The lowest BCUT2D eigenvalue weighted by Crippen LogP contribution is -2.39. The fourth-order valence-corrected chi connectivity index (χ4v) is 2.64. The van der Waals surface area contributed by atoms with E-state index in [1.54, 1.807) is 0 Å². The molecule has 0 radical (unpaired) electrons. The molecule has 1 heterocycles. The van der Waals surface area contributed by atoms with Gasteiger partial charge < -0.3 is 10.2 Å². The summed E-state index contributed by atoms with van der Waals surface area (Å²) >= 11 is 0. The third kappa shape index (κ3) is 4.84. The van der Waals surface area contributed by atoms with Crippen LogP contribution in [0.2, 0.25) is 0 Å². The summed E-state index contributed by atoms with van der Waals surface area (Å²) in [5.74, 6) is 0.925. The summed E-state index contributed by atoms with van der Waals surface area (Å²) in [5, 5.41) is 3.72. The van der Waals surface area contributed by atoms with Crippen LogP contribution in [-0.4, -0.2) is 37.1 Å². The molecule has 0 aliphatic carbocycles. The maximum atomic E-state index is 3.72. The average Bonchev–Trinajstić information content (AvgIpc) is 2.33. The summed E-state index contributed by atoms with van der Waals surface area (Å²) in [6.07, 6.45) is 6.63. The van der Waals surface area contributed by atoms with Crippen molar-refractivity contribution in [1.82, 2.24) is 10.2 Å². The smallest absolute Gasteiger partial charge is 0.00619 e. The molecule has 1 N–H and O–H groups in total. The monoisotopic (exact) mass is 226 g/mol. The zero-order valence-corrected chi connectivity index (χ0v) is 11.5. The van der Waals surface area contributed by atoms with Gasteiger partial charge in [-0.1, -0.05) is 20.8 Å². The van der Waals surface area contributed by atoms with Crippen molar-refractivity contribution in [3.63, 3.8) is 0 Å². The topological polar surface area (TPSA) is 15.3 Å². The van der Waals surface area contributed by atoms with Gasteiger partial charge in [-0.2, -0.15) is 0 Å². The molecule has 0 bridgehead atoms. The Kier molecular flexibility index (Phi) is 7.06. The van der Waals surface area contributed by atoms with Gasteiger partial charge in [-0.15, -0.1) is 0 Å². The first-order valence-electron chi connectivity index (χ1n) is 7.25. The number of rotatable bonds is 7. The minimum Gasteiger partial charge on any atom is -0.314 e. The Morgan fingerprint density at radius 3 is 2.25 bits per heavy atom. The van der Waals surface area contributed by atoms with Gasteiger partial charge in [0.15, 0.2) is 0 Å². The van der Waals surface area contributed by atoms with Crippen LogP contribution in [-0.2, 0) is 0 Å². The van der Waals surface area contributed by atoms with Gasteiger partial charge in [0.05, 0.1) is 0 Å². The van der Waals surface area contributed by atoms with E-state index in [-0.39, 0.29) is 0 Å². The van der Waals surface area contributed by atoms with Crippen molar-refractivity contribution in [1.29, 1.82) is 0 Å². The van der Waals surface area contributed by atoms with Crippen LogP contribution in [0.15, 0.2) is 0 Å². The van der Waals surface area contributed by atoms with Gasteiger partial charge in [0, 0.05) is 6.04 Å². The SMILES string of the molecule is CCCN1CCC(CNC(CC)CC)CC1. The van der Waals surface area contributed by atoms with Crippen LogP contribution in [0, 0.1) is 5.92 Å². The van der Waals surface area contributed by atoms with Gasteiger partial charge in [-0.25, -0.2) is 0 Å². The van der Waals surface area contributed by atoms with Gasteiger partial charge in [0.25, 0.3) is 0 Å². The fraction of sp³-hybridized carbons (Fsp3) is 1.00. The molecule has 1 fully saturated rings. The lowest BCUT2D eigenvalue weighted by atomic mass is 9.96. The zero-order valence-electron chi connectivity index (χ0n) is 11.5. The van der Waals surface area contributed by atoms with Gasteiger partial charge in [0.2, 0.25) is 0 Å². The molecule has 1 rings (SSSR count). The van der Waals surface area contributed by atoms with Crippen molar-refractivity contribution in [3.8, 4) is 0 Å². The molecular weight excluding hydrogens is 196 g/mol. The predicted octanol–water partition coefficient (Wildman–Crippen LogP) is 2.89. The van der Waals surface area contributed by atoms with Crippen molar-refractivity contribution in [2.45, 2.75) is 58.9 Å². The molecule has 0 amide bonds. The van der Waals surface area contributed by atoms with E-state index in [4.69, 9.17) is 0 Å². The maximum Gasteiger partial charge on any atom is 0.00619 e. The number of nitrogens with one attached hydrogen (secondary N) is 1. The molecule has 0 unspecified atom stereocenters. The molecule has 1 aliphatic rings. The van der Waals surface area contributed by atoms with Gasteiger partial charge in [0.1, 0.15) is 0 Å². The molecule has 0 atom stereocenters. The Balaban J connectivity index is 2.12. The Bertz CT molecular complexity index is 158. The van der Waals surface area contributed by atoms with Crippen LogP contribution in [0.1, 0.15) is 52.9 Å². The minimum absolute atomic E-state index is 0.744. The number of nitrogens with zero attached hydrogens (tertiary/aromatic N) is 1. The molecule has 0 aromatic carbocycles. The molecule has 1 saturated heterocycles. The first-order chi connectivity index (χ1) is 7.80. The number of piperidine rings is 1. The first-order valence-corrected chi connectivity index (χ1v) is 7.25. The molecule has 0 spiro atoms. The third-order valence-electron chi connectivity index (χ3n) is 3.93. The highest BCUT2D eigenvalue weighted by molar-refractivity contribution is 4.75. The van der Waals surface area contributed by atoms with E-state index in [9.17, 15) is 0 Å². The second kappa shape index (κ2) is 8.08. The normalized spacial score (nSPS) is 19.5. The molecule has 16 heavy (non-hydrogen) atoms. The van der Waals surface area contributed by atoms with Crippen LogP contribution in [0.3, 0.4) is 0 Å². The van der Waals surface area contributed by atoms with E-state index < -0.39 is 0 Å². The van der Waals surface area contributed by atoms with Crippen molar-refractivity contribution in [2.24, 2.45) is 5.92 Å². The quantitative estimate of drug-likeness (QED) is 0.718. The largest absolute Gasteiger partial charge is 0.314 e. The Morgan fingerprint density at radius 2 is 1.75 bits per heavy atom. The maximum absolute atomic E-state index is 3.72. The molecule has 2 heteroatoms. The minimum atomic E-state index is 0.744. The molecule has 0 aromatic heterocycles. The number of hydrogen-bond acceptors (Lipinski definition) is 2.